The van der Waals surface area contributed by atoms with Crippen LogP contribution in [0.2, 0.25) is 0 Å². The van der Waals surface area contributed by atoms with Gasteiger partial charge in [-0.2, -0.15) is 0 Å². The quantitative estimate of drug-likeness (QED) is 0.194. The molecule has 0 saturated heterocycles. The Balaban J connectivity index is 3.84. The van der Waals surface area contributed by atoms with Crippen LogP contribution in [0.25, 0.3) is 0 Å². The number of carboxylic acids is 1. The lowest BCUT2D eigenvalue weighted by Crippen LogP contribution is -2.45. The van der Waals surface area contributed by atoms with Crippen molar-refractivity contribution in [1.82, 2.24) is 0 Å². The number of aliphatic hydroxyl groups is 3. The van der Waals surface area contributed by atoms with Crippen LogP contribution >= 0.6 is 0 Å². The molecule has 0 rings (SSSR count). The highest BCUT2D eigenvalue weighted by Gasteiger charge is 2.41. The largest absolute Gasteiger partial charge is 0.481 e. The first kappa shape index (κ1) is 28.4. The number of rotatable bonds is 21. The normalized spacial score (nSPS) is 14.1. The molecule has 0 amide bonds. The van der Waals surface area contributed by atoms with Crippen LogP contribution in [-0.4, -0.2) is 46.2 Å². The molecule has 0 aliphatic carbocycles. The van der Waals surface area contributed by atoms with Crippen molar-refractivity contribution in [3.05, 3.63) is 0 Å². The molecule has 174 valence electrons. The molecule has 2 unspecified atom stereocenters. The molecule has 0 aliphatic heterocycles. The van der Waals surface area contributed by atoms with Gasteiger partial charge in [-0.25, -0.2) is 0 Å². The van der Waals surface area contributed by atoms with E-state index in [1.165, 1.54) is 70.6 Å². The van der Waals surface area contributed by atoms with Crippen molar-refractivity contribution in [2.75, 3.05) is 19.8 Å². The van der Waals surface area contributed by atoms with Crippen molar-refractivity contribution < 1.29 is 25.2 Å². The number of aliphatic carboxylic acids is 1. The Kier molecular flexibility index (Phi) is 17.7. The van der Waals surface area contributed by atoms with Gasteiger partial charge in [-0.1, -0.05) is 104 Å². The summed E-state index contributed by atoms with van der Waals surface area (Å²) in [5.41, 5.74) is -1.14. The summed E-state index contributed by atoms with van der Waals surface area (Å²) < 4.78 is 0. The average Bonchev–Trinajstić information content (AvgIpc) is 2.72. The maximum Gasteiger partial charge on any atom is 0.306 e. The van der Waals surface area contributed by atoms with Gasteiger partial charge < -0.3 is 20.4 Å². The second-order valence-corrected chi connectivity index (χ2v) is 8.95. The fourth-order valence-corrected chi connectivity index (χ4v) is 4.15. The van der Waals surface area contributed by atoms with E-state index < -0.39 is 43.0 Å². The van der Waals surface area contributed by atoms with Gasteiger partial charge in [0.1, 0.15) is 0 Å². The van der Waals surface area contributed by atoms with Gasteiger partial charge in [-0.05, 0) is 12.3 Å². The molecule has 2 atom stereocenters. The average molecular weight is 417 g/mol. The number of hydrogen-bond donors (Lipinski definition) is 4. The molecule has 0 aliphatic rings. The summed E-state index contributed by atoms with van der Waals surface area (Å²) in [4.78, 5) is 11.7. The minimum Gasteiger partial charge on any atom is -0.481 e. The zero-order valence-electron chi connectivity index (χ0n) is 19.1. The van der Waals surface area contributed by atoms with Crippen molar-refractivity contribution >= 4 is 5.97 Å². The Bertz CT molecular complexity index is 373. The van der Waals surface area contributed by atoms with E-state index >= 15 is 0 Å². The van der Waals surface area contributed by atoms with E-state index in [0.29, 0.717) is 6.42 Å². The first-order valence-electron chi connectivity index (χ1n) is 12.0. The standard InChI is InChI=1S/C24H48O5/c1-3-4-5-6-7-8-9-10-11-12-13-14-15-16-17-22(23(28)29)21(2)24(18-25,19-26)20-27/h21-22,25-27H,3-20H2,1-2H3,(H,28,29). The third kappa shape index (κ3) is 12.0. The number of carbonyl (C=O) groups is 1. The smallest absolute Gasteiger partial charge is 0.306 e. The molecule has 0 aromatic heterocycles. The summed E-state index contributed by atoms with van der Waals surface area (Å²) in [6.07, 6.45) is 18.2. The zero-order valence-corrected chi connectivity index (χ0v) is 19.1. The molecule has 5 nitrogen and oxygen atoms in total. The SMILES string of the molecule is CCCCCCCCCCCCCCCCC(C(=O)O)C(C)C(CO)(CO)CO. The number of carboxylic acid groups (broad SMARTS) is 1. The van der Waals surface area contributed by atoms with Crippen LogP contribution in [0.15, 0.2) is 0 Å². The molecule has 0 heterocycles. The van der Waals surface area contributed by atoms with Crippen LogP contribution < -0.4 is 0 Å². The van der Waals surface area contributed by atoms with Gasteiger partial charge in [0.15, 0.2) is 0 Å². The first-order chi connectivity index (χ1) is 14.0. The Labute approximate surface area is 178 Å². The van der Waals surface area contributed by atoms with Gasteiger partial charge in [-0.15, -0.1) is 0 Å². The molecule has 0 fully saturated rings. The fourth-order valence-electron chi connectivity index (χ4n) is 4.15. The monoisotopic (exact) mass is 416 g/mol. The molecule has 0 saturated carbocycles. The second kappa shape index (κ2) is 18.1. The highest BCUT2D eigenvalue weighted by atomic mass is 16.4. The summed E-state index contributed by atoms with van der Waals surface area (Å²) >= 11 is 0. The van der Waals surface area contributed by atoms with Gasteiger partial charge in [-0.3, -0.25) is 4.79 Å². The van der Waals surface area contributed by atoms with E-state index in [4.69, 9.17) is 0 Å². The van der Waals surface area contributed by atoms with E-state index in [9.17, 15) is 25.2 Å². The summed E-state index contributed by atoms with van der Waals surface area (Å²) in [6, 6.07) is 0. The lowest BCUT2D eigenvalue weighted by atomic mass is 9.70. The Morgan fingerprint density at radius 3 is 1.34 bits per heavy atom. The van der Waals surface area contributed by atoms with Gasteiger partial charge in [0.2, 0.25) is 0 Å². The molecule has 5 heteroatoms. The van der Waals surface area contributed by atoms with Crippen molar-refractivity contribution in [3.8, 4) is 0 Å². The van der Waals surface area contributed by atoms with E-state index in [2.05, 4.69) is 6.92 Å². The summed E-state index contributed by atoms with van der Waals surface area (Å²) in [5.74, 6) is -2.05. The molecule has 0 aromatic carbocycles. The lowest BCUT2D eigenvalue weighted by molar-refractivity contribution is -0.148. The Morgan fingerprint density at radius 1 is 0.690 bits per heavy atom. The highest BCUT2D eigenvalue weighted by molar-refractivity contribution is 5.70. The van der Waals surface area contributed by atoms with Crippen LogP contribution in [0, 0.1) is 17.3 Å². The van der Waals surface area contributed by atoms with Crippen molar-refractivity contribution in [2.24, 2.45) is 17.3 Å². The third-order valence-corrected chi connectivity index (χ3v) is 6.70. The van der Waals surface area contributed by atoms with Gasteiger partial charge in [0.25, 0.3) is 0 Å². The van der Waals surface area contributed by atoms with Crippen LogP contribution in [0.1, 0.15) is 110 Å². The van der Waals surface area contributed by atoms with Crippen LogP contribution in [0.4, 0.5) is 0 Å². The number of hydrogen-bond acceptors (Lipinski definition) is 4. The minimum absolute atomic E-state index is 0.413. The van der Waals surface area contributed by atoms with Crippen LogP contribution in [-0.2, 0) is 4.79 Å². The van der Waals surface area contributed by atoms with Gasteiger partial charge >= 0.3 is 5.97 Å². The van der Waals surface area contributed by atoms with Gasteiger partial charge in [0, 0.05) is 5.41 Å². The third-order valence-electron chi connectivity index (χ3n) is 6.70. The number of aliphatic hydroxyl groups excluding tert-OH is 3. The topological polar surface area (TPSA) is 98.0 Å². The summed E-state index contributed by atoms with van der Waals surface area (Å²) in [6.45, 7) is 2.73. The maximum absolute atomic E-state index is 11.7. The van der Waals surface area contributed by atoms with Crippen molar-refractivity contribution in [3.63, 3.8) is 0 Å². The molecule has 29 heavy (non-hydrogen) atoms. The maximum atomic E-state index is 11.7. The number of unbranched alkanes of at least 4 members (excludes halogenated alkanes) is 13. The minimum atomic E-state index is -1.14. The van der Waals surface area contributed by atoms with Crippen LogP contribution in [0.5, 0.6) is 0 Å². The molecule has 0 aromatic rings. The second-order valence-electron chi connectivity index (χ2n) is 8.95. The van der Waals surface area contributed by atoms with E-state index in [1.54, 1.807) is 6.92 Å². The summed E-state index contributed by atoms with van der Waals surface area (Å²) in [7, 11) is 0. The highest BCUT2D eigenvalue weighted by Crippen LogP contribution is 2.35. The van der Waals surface area contributed by atoms with E-state index in [-0.39, 0.29) is 0 Å². The molecule has 0 spiro atoms. The lowest BCUT2D eigenvalue weighted by Gasteiger charge is -2.37. The molecule has 0 bridgehead atoms. The molecular formula is C24H48O5. The predicted molar refractivity (Wildman–Crippen MR) is 119 cm³/mol. The Hall–Kier alpha value is -0.650. The van der Waals surface area contributed by atoms with Crippen molar-refractivity contribution in [1.29, 1.82) is 0 Å². The molecular weight excluding hydrogens is 368 g/mol. The first-order valence-corrected chi connectivity index (χ1v) is 12.0. The predicted octanol–water partition coefficient (Wildman–Crippen LogP) is 5.16. The molecule has 0 radical (unpaired) electrons. The van der Waals surface area contributed by atoms with E-state index in [0.717, 1.165) is 19.3 Å². The fraction of sp³-hybridized carbons (Fsp3) is 0.958. The Morgan fingerprint density at radius 2 is 1.03 bits per heavy atom. The van der Waals surface area contributed by atoms with Crippen molar-refractivity contribution in [2.45, 2.75) is 110 Å². The summed E-state index contributed by atoms with van der Waals surface area (Å²) in [5, 5.41) is 38.2. The zero-order chi connectivity index (χ0) is 22.0. The van der Waals surface area contributed by atoms with Gasteiger partial charge in [0.05, 0.1) is 25.7 Å². The molecule has 4 N–H and O–H groups in total. The van der Waals surface area contributed by atoms with Crippen LogP contribution in [0.3, 0.4) is 0 Å². The van der Waals surface area contributed by atoms with E-state index in [1.807, 2.05) is 0 Å².